The highest BCUT2D eigenvalue weighted by Crippen LogP contribution is 2.23. The Labute approximate surface area is 109 Å². The molecule has 0 spiro atoms. The van der Waals surface area contributed by atoms with Gasteiger partial charge < -0.3 is 15.5 Å². The molecule has 5 nitrogen and oxygen atoms in total. The molecular formula is C13H23N5. The van der Waals surface area contributed by atoms with Gasteiger partial charge in [-0.25, -0.2) is 9.97 Å². The summed E-state index contributed by atoms with van der Waals surface area (Å²) < 4.78 is 0. The summed E-state index contributed by atoms with van der Waals surface area (Å²) in [4.78, 5) is 13.1. The molecule has 2 heterocycles. The van der Waals surface area contributed by atoms with Gasteiger partial charge in [0.1, 0.15) is 18.0 Å². The fourth-order valence-corrected chi connectivity index (χ4v) is 2.70. The maximum absolute atomic E-state index is 5.92. The predicted molar refractivity (Wildman–Crippen MR) is 74.7 cm³/mol. The van der Waals surface area contributed by atoms with Gasteiger partial charge >= 0.3 is 0 Å². The number of hydrogen-bond donors (Lipinski definition) is 1. The lowest BCUT2D eigenvalue weighted by molar-refractivity contribution is 0.314. The van der Waals surface area contributed by atoms with E-state index in [1.54, 1.807) is 6.33 Å². The molecule has 0 aliphatic carbocycles. The first kappa shape index (κ1) is 13.1. The van der Waals surface area contributed by atoms with Gasteiger partial charge in [-0.3, -0.25) is 0 Å². The first-order valence-electron chi connectivity index (χ1n) is 6.64. The van der Waals surface area contributed by atoms with Crippen LogP contribution in [0.4, 0.5) is 11.6 Å². The lowest BCUT2D eigenvalue weighted by Crippen LogP contribution is -2.37. The van der Waals surface area contributed by atoms with Crippen molar-refractivity contribution in [2.75, 3.05) is 37.8 Å². The van der Waals surface area contributed by atoms with Crippen LogP contribution in [-0.4, -0.2) is 48.1 Å². The Kier molecular flexibility index (Phi) is 4.01. The second-order valence-electron chi connectivity index (χ2n) is 5.07. The zero-order valence-electron chi connectivity index (χ0n) is 11.6. The number of likely N-dealkylation sites (N-methyl/N-ethyl adjacent to an activating group) is 2. The molecule has 18 heavy (non-hydrogen) atoms. The molecule has 0 aromatic carbocycles. The highest BCUT2D eigenvalue weighted by molar-refractivity contribution is 5.56. The van der Waals surface area contributed by atoms with Crippen LogP contribution in [0.5, 0.6) is 0 Å². The van der Waals surface area contributed by atoms with Crippen molar-refractivity contribution in [3.05, 3.63) is 11.9 Å². The number of rotatable bonds is 4. The number of nitrogens with two attached hydrogens (primary N) is 1. The van der Waals surface area contributed by atoms with Crippen LogP contribution in [-0.2, 0) is 6.42 Å². The second-order valence-corrected chi connectivity index (χ2v) is 5.07. The van der Waals surface area contributed by atoms with E-state index in [2.05, 4.69) is 40.8 Å². The topological polar surface area (TPSA) is 58.3 Å². The van der Waals surface area contributed by atoms with Gasteiger partial charge in [-0.05, 0) is 32.9 Å². The maximum Gasteiger partial charge on any atom is 0.137 e. The number of aromatic nitrogens is 2. The molecule has 100 valence electrons. The number of anilines is 2. The summed E-state index contributed by atoms with van der Waals surface area (Å²) in [6.07, 6.45) is 4.98. The van der Waals surface area contributed by atoms with Crippen LogP contribution in [0.2, 0.25) is 0 Å². The first-order chi connectivity index (χ1) is 8.63. The minimum absolute atomic E-state index is 0.606. The van der Waals surface area contributed by atoms with Crippen molar-refractivity contribution in [1.29, 1.82) is 0 Å². The monoisotopic (exact) mass is 249 g/mol. The second kappa shape index (κ2) is 5.52. The van der Waals surface area contributed by atoms with Crippen LogP contribution in [0.25, 0.3) is 0 Å². The minimum Gasteiger partial charge on any atom is -0.383 e. The zero-order valence-corrected chi connectivity index (χ0v) is 11.6. The summed E-state index contributed by atoms with van der Waals surface area (Å²) in [6, 6.07) is 0.621. The maximum atomic E-state index is 5.92. The average Bonchev–Trinajstić information content (AvgIpc) is 2.74. The molecule has 1 unspecified atom stereocenters. The Balaban J connectivity index is 2.13. The van der Waals surface area contributed by atoms with E-state index >= 15 is 0 Å². The summed E-state index contributed by atoms with van der Waals surface area (Å²) in [5, 5.41) is 0. The van der Waals surface area contributed by atoms with Crippen molar-refractivity contribution in [3.8, 4) is 0 Å². The number of likely N-dealkylation sites (tertiary alicyclic amines) is 1. The minimum atomic E-state index is 0.606. The number of hydrogen-bond acceptors (Lipinski definition) is 5. The Morgan fingerprint density at radius 3 is 2.89 bits per heavy atom. The van der Waals surface area contributed by atoms with Crippen LogP contribution >= 0.6 is 0 Å². The molecule has 1 aromatic heterocycles. The first-order valence-corrected chi connectivity index (χ1v) is 6.64. The zero-order chi connectivity index (χ0) is 13.1. The van der Waals surface area contributed by atoms with E-state index in [0.29, 0.717) is 11.9 Å². The van der Waals surface area contributed by atoms with Crippen molar-refractivity contribution >= 4 is 11.6 Å². The van der Waals surface area contributed by atoms with E-state index < -0.39 is 0 Å². The Hall–Kier alpha value is -1.36. The van der Waals surface area contributed by atoms with Crippen LogP contribution < -0.4 is 10.6 Å². The third-order valence-electron chi connectivity index (χ3n) is 3.83. The Morgan fingerprint density at radius 2 is 2.28 bits per heavy atom. The van der Waals surface area contributed by atoms with Gasteiger partial charge in [-0.15, -0.1) is 0 Å². The summed E-state index contributed by atoms with van der Waals surface area (Å²) in [5.74, 6) is 1.58. The summed E-state index contributed by atoms with van der Waals surface area (Å²) in [7, 11) is 4.29. The summed E-state index contributed by atoms with van der Waals surface area (Å²) >= 11 is 0. The molecule has 0 radical (unpaired) electrons. The molecular weight excluding hydrogens is 226 g/mol. The smallest absolute Gasteiger partial charge is 0.137 e. The van der Waals surface area contributed by atoms with Gasteiger partial charge in [-0.1, -0.05) is 6.92 Å². The van der Waals surface area contributed by atoms with Gasteiger partial charge in [0, 0.05) is 25.2 Å². The van der Waals surface area contributed by atoms with E-state index in [1.807, 2.05) is 0 Å². The predicted octanol–water partition coefficient (Wildman–Crippen LogP) is 1.15. The third-order valence-corrected chi connectivity index (χ3v) is 3.83. The van der Waals surface area contributed by atoms with Crippen LogP contribution in [0, 0.1) is 0 Å². The van der Waals surface area contributed by atoms with Crippen molar-refractivity contribution in [1.82, 2.24) is 14.9 Å². The van der Waals surface area contributed by atoms with Gasteiger partial charge in [0.25, 0.3) is 0 Å². The molecule has 1 fully saturated rings. The molecule has 1 atom stereocenters. The van der Waals surface area contributed by atoms with E-state index in [9.17, 15) is 0 Å². The standard InChI is InChI=1S/C13H23N5/c1-4-11-12(14)15-9-16-13(11)18(3)8-10-6-5-7-17(10)2/h9-10H,4-8H2,1-3H3,(H2,14,15,16). The fourth-order valence-electron chi connectivity index (χ4n) is 2.70. The van der Waals surface area contributed by atoms with E-state index in [-0.39, 0.29) is 0 Å². The lowest BCUT2D eigenvalue weighted by Gasteiger charge is -2.27. The largest absolute Gasteiger partial charge is 0.383 e. The molecule has 1 aliphatic rings. The molecule has 1 saturated heterocycles. The van der Waals surface area contributed by atoms with Crippen molar-refractivity contribution in [3.63, 3.8) is 0 Å². The fraction of sp³-hybridized carbons (Fsp3) is 0.692. The van der Waals surface area contributed by atoms with Crippen molar-refractivity contribution in [2.45, 2.75) is 32.2 Å². The van der Waals surface area contributed by atoms with Gasteiger partial charge in [0.15, 0.2) is 0 Å². The molecule has 1 aliphatic heterocycles. The van der Waals surface area contributed by atoms with Crippen LogP contribution in [0.15, 0.2) is 6.33 Å². The van der Waals surface area contributed by atoms with Gasteiger partial charge in [0.05, 0.1) is 0 Å². The summed E-state index contributed by atoms with van der Waals surface area (Å²) in [6.45, 7) is 4.29. The highest BCUT2D eigenvalue weighted by Gasteiger charge is 2.23. The SMILES string of the molecule is CCc1c(N)ncnc1N(C)CC1CCCN1C. The van der Waals surface area contributed by atoms with Crippen molar-refractivity contribution in [2.24, 2.45) is 0 Å². The van der Waals surface area contributed by atoms with Gasteiger partial charge in [0.2, 0.25) is 0 Å². The molecule has 0 bridgehead atoms. The van der Waals surface area contributed by atoms with E-state index in [1.165, 1.54) is 19.4 Å². The third kappa shape index (κ3) is 2.56. The van der Waals surface area contributed by atoms with E-state index in [0.717, 1.165) is 24.3 Å². The normalized spacial score (nSPS) is 20.3. The molecule has 5 heteroatoms. The molecule has 2 N–H and O–H groups in total. The summed E-state index contributed by atoms with van der Waals surface area (Å²) in [5.41, 5.74) is 6.97. The van der Waals surface area contributed by atoms with Crippen LogP contribution in [0.3, 0.4) is 0 Å². The van der Waals surface area contributed by atoms with E-state index in [4.69, 9.17) is 5.73 Å². The number of nitrogens with zero attached hydrogens (tertiary/aromatic N) is 4. The molecule has 0 amide bonds. The quantitative estimate of drug-likeness (QED) is 0.867. The molecule has 2 rings (SSSR count). The Bertz CT molecular complexity index is 406. The molecule has 1 aromatic rings. The lowest BCUT2D eigenvalue weighted by atomic mass is 10.1. The molecule has 0 saturated carbocycles. The van der Waals surface area contributed by atoms with Crippen molar-refractivity contribution < 1.29 is 0 Å². The number of nitrogen functional groups attached to an aromatic ring is 1. The highest BCUT2D eigenvalue weighted by atomic mass is 15.2. The Morgan fingerprint density at radius 1 is 1.50 bits per heavy atom. The average molecular weight is 249 g/mol. The van der Waals surface area contributed by atoms with Crippen LogP contribution in [0.1, 0.15) is 25.3 Å². The van der Waals surface area contributed by atoms with Gasteiger partial charge in [-0.2, -0.15) is 0 Å².